The Hall–Kier alpha value is -3.16. The highest BCUT2D eigenvalue weighted by Gasteiger charge is 2.30. The second kappa shape index (κ2) is 11.7. The lowest BCUT2D eigenvalue weighted by Crippen LogP contribution is -2.37. The fourth-order valence-corrected chi connectivity index (χ4v) is 5.73. The van der Waals surface area contributed by atoms with Gasteiger partial charge in [-0.1, -0.05) is 30.3 Å². The maximum Gasteiger partial charge on any atom is 0.256 e. The summed E-state index contributed by atoms with van der Waals surface area (Å²) in [6, 6.07) is 16.6. The lowest BCUT2D eigenvalue weighted by molar-refractivity contribution is 0.0783. The van der Waals surface area contributed by atoms with Crippen molar-refractivity contribution < 1.29 is 9.18 Å². The quantitative estimate of drug-likeness (QED) is 0.351. The molecule has 0 saturated carbocycles. The Bertz CT molecular complexity index is 1230. The summed E-state index contributed by atoms with van der Waals surface area (Å²) in [5, 5.41) is 4.08. The maximum absolute atomic E-state index is 13.2. The van der Waals surface area contributed by atoms with E-state index in [1.165, 1.54) is 5.56 Å². The number of benzene rings is 2. The lowest BCUT2D eigenvalue weighted by atomic mass is 9.89. The van der Waals surface area contributed by atoms with Crippen LogP contribution in [0.25, 0.3) is 11.0 Å². The van der Waals surface area contributed by atoms with Crippen molar-refractivity contribution in [3.05, 3.63) is 94.7 Å². The Kier molecular flexibility index (Phi) is 7.98. The molecule has 0 radical (unpaired) electrons. The third-order valence-electron chi connectivity index (χ3n) is 7.17. The molecule has 2 aromatic carbocycles. The zero-order valence-corrected chi connectivity index (χ0v) is 21.1. The van der Waals surface area contributed by atoms with Crippen LogP contribution in [0.5, 0.6) is 0 Å². The largest absolute Gasteiger partial charge is 0.338 e. The molecule has 2 saturated heterocycles. The van der Waals surface area contributed by atoms with Crippen LogP contribution in [0.2, 0.25) is 0 Å². The van der Waals surface area contributed by atoms with Gasteiger partial charge < -0.3 is 9.80 Å². The summed E-state index contributed by atoms with van der Waals surface area (Å²) in [6.45, 7) is 4.76. The topological polar surface area (TPSA) is 49.3 Å². The molecule has 1 amide bonds. The van der Waals surface area contributed by atoms with Gasteiger partial charge in [0.2, 0.25) is 0 Å². The number of amides is 1. The third kappa shape index (κ3) is 5.97. The van der Waals surface area contributed by atoms with Crippen LogP contribution in [0.15, 0.2) is 77.8 Å². The molecule has 6 rings (SSSR count). The SMILES string of the molecule is O=C(c1cccc2nccnc12)N1CC[C@H](CN2CCC(c3ccc(F)cc3)CC2)C1.c1ccsc1. The molecular formula is C29H31FN4OS. The highest BCUT2D eigenvalue weighted by Crippen LogP contribution is 2.30. The molecule has 2 aliphatic rings. The van der Waals surface area contributed by atoms with Gasteiger partial charge in [0.15, 0.2) is 0 Å². The van der Waals surface area contributed by atoms with Gasteiger partial charge in [-0.25, -0.2) is 4.39 Å². The number of likely N-dealkylation sites (tertiary alicyclic amines) is 2. The van der Waals surface area contributed by atoms with E-state index in [4.69, 9.17) is 0 Å². The Labute approximate surface area is 215 Å². The number of hydrogen-bond acceptors (Lipinski definition) is 5. The zero-order chi connectivity index (χ0) is 24.7. The molecular weight excluding hydrogens is 471 g/mol. The Morgan fingerprint density at radius 2 is 1.67 bits per heavy atom. The first-order chi connectivity index (χ1) is 17.7. The highest BCUT2D eigenvalue weighted by molar-refractivity contribution is 7.07. The summed E-state index contributed by atoms with van der Waals surface area (Å²) < 4.78 is 13.2. The zero-order valence-electron chi connectivity index (χ0n) is 20.3. The van der Waals surface area contributed by atoms with Crippen molar-refractivity contribution in [2.75, 3.05) is 32.7 Å². The fraction of sp³-hybridized carbons (Fsp3) is 0.345. The van der Waals surface area contributed by atoms with Gasteiger partial charge in [-0.05, 0) is 84.8 Å². The van der Waals surface area contributed by atoms with E-state index in [9.17, 15) is 9.18 Å². The van der Waals surface area contributed by atoms with E-state index in [0.29, 0.717) is 22.9 Å². The predicted molar refractivity (Wildman–Crippen MR) is 143 cm³/mol. The molecule has 7 heteroatoms. The van der Waals surface area contributed by atoms with Crippen molar-refractivity contribution in [1.82, 2.24) is 19.8 Å². The van der Waals surface area contributed by atoms with Crippen LogP contribution in [0.1, 0.15) is 41.1 Å². The highest BCUT2D eigenvalue weighted by atomic mass is 32.1. The third-order valence-corrected chi connectivity index (χ3v) is 7.80. The van der Waals surface area contributed by atoms with Crippen molar-refractivity contribution in [2.24, 2.45) is 5.92 Å². The maximum atomic E-state index is 13.2. The van der Waals surface area contributed by atoms with Crippen LogP contribution in [0.4, 0.5) is 4.39 Å². The minimum Gasteiger partial charge on any atom is -0.338 e. The lowest BCUT2D eigenvalue weighted by Gasteiger charge is -2.33. The number of hydrogen-bond donors (Lipinski definition) is 0. The Balaban J connectivity index is 0.000000477. The van der Waals surface area contributed by atoms with Crippen LogP contribution in [0, 0.1) is 11.7 Å². The number of carbonyl (C=O) groups excluding carboxylic acids is 1. The fourth-order valence-electron chi connectivity index (χ4n) is 5.28. The summed E-state index contributed by atoms with van der Waals surface area (Å²) in [5.41, 5.74) is 3.33. The molecule has 5 nitrogen and oxygen atoms in total. The molecule has 0 aliphatic carbocycles. The normalized spacial score (nSPS) is 18.7. The van der Waals surface area contributed by atoms with Gasteiger partial charge in [-0.2, -0.15) is 11.3 Å². The summed E-state index contributed by atoms with van der Waals surface area (Å²) in [4.78, 5) is 26.3. The summed E-state index contributed by atoms with van der Waals surface area (Å²) in [6.07, 6.45) is 6.55. The Morgan fingerprint density at radius 1 is 0.917 bits per heavy atom. The summed E-state index contributed by atoms with van der Waals surface area (Å²) in [5.74, 6) is 0.916. The van der Waals surface area contributed by atoms with Crippen LogP contribution < -0.4 is 0 Å². The summed E-state index contributed by atoms with van der Waals surface area (Å²) >= 11 is 1.71. The first kappa shape index (κ1) is 24.5. The molecule has 0 bridgehead atoms. The molecule has 1 atom stereocenters. The van der Waals surface area contributed by atoms with Crippen molar-refractivity contribution in [3.8, 4) is 0 Å². The smallest absolute Gasteiger partial charge is 0.256 e. The molecule has 2 fully saturated rings. The summed E-state index contributed by atoms with van der Waals surface area (Å²) in [7, 11) is 0. The van der Waals surface area contributed by atoms with Gasteiger partial charge in [-0.3, -0.25) is 14.8 Å². The first-order valence-electron chi connectivity index (χ1n) is 12.6. The van der Waals surface area contributed by atoms with E-state index in [1.54, 1.807) is 35.9 Å². The molecule has 36 heavy (non-hydrogen) atoms. The molecule has 0 spiro atoms. The van der Waals surface area contributed by atoms with E-state index < -0.39 is 0 Å². The van der Waals surface area contributed by atoms with Crippen LogP contribution in [-0.2, 0) is 0 Å². The number of rotatable bonds is 4. The average molecular weight is 503 g/mol. The molecule has 2 aliphatic heterocycles. The molecule has 0 N–H and O–H groups in total. The van der Waals surface area contributed by atoms with Crippen LogP contribution in [-0.4, -0.2) is 58.4 Å². The van der Waals surface area contributed by atoms with E-state index >= 15 is 0 Å². The predicted octanol–water partition coefficient (Wildman–Crippen LogP) is 5.86. The molecule has 4 aromatic rings. The van der Waals surface area contributed by atoms with Gasteiger partial charge in [0.25, 0.3) is 5.91 Å². The van der Waals surface area contributed by atoms with Gasteiger partial charge in [0.05, 0.1) is 11.1 Å². The van der Waals surface area contributed by atoms with Crippen LogP contribution >= 0.6 is 11.3 Å². The average Bonchev–Trinajstić information content (AvgIpc) is 3.65. The first-order valence-corrected chi connectivity index (χ1v) is 13.6. The monoisotopic (exact) mass is 502 g/mol. The van der Waals surface area contributed by atoms with E-state index in [-0.39, 0.29) is 11.7 Å². The molecule has 2 aromatic heterocycles. The second-order valence-corrected chi connectivity index (χ2v) is 10.4. The van der Waals surface area contributed by atoms with E-state index in [0.717, 1.165) is 57.5 Å². The molecule has 0 unspecified atom stereocenters. The van der Waals surface area contributed by atoms with Crippen molar-refractivity contribution in [2.45, 2.75) is 25.2 Å². The van der Waals surface area contributed by atoms with Gasteiger partial charge in [0.1, 0.15) is 11.3 Å². The number of fused-ring (bicyclic) bond motifs is 1. The van der Waals surface area contributed by atoms with Gasteiger partial charge in [-0.15, -0.1) is 0 Å². The number of thiophene rings is 1. The van der Waals surface area contributed by atoms with E-state index in [1.807, 2.05) is 58.1 Å². The molecule has 4 heterocycles. The minimum atomic E-state index is -0.169. The van der Waals surface area contributed by atoms with E-state index in [2.05, 4.69) is 14.9 Å². The van der Waals surface area contributed by atoms with Gasteiger partial charge >= 0.3 is 0 Å². The number of nitrogens with zero attached hydrogens (tertiary/aromatic N) is 4. The second-order valence-electron chi connectivity index (χ2n) is 9.56. The molecule has 186 valence electrons. The van der Waals surface area contributed by atoms with Crippen molar-refractivity contribution in [1.29, 1.82) is 0 Å². The number of piperidine rings is 1. The number of halogens is 1. The minimum absolute atomic E-state index is 0.0589. The van der Waals surface area contributed by atoms with Crippen LogP contribution in [0.3, 0.4) is 0 Å². The van der Waals surface area contributed by atoms with Crippen molar-refractivity contribution in [3.63, 3.8) is 0 Å². The van der Waals surface area contributed by atoms with Crippen molar-refractivity contribution >= 4 is 28.3 Å². The van der Waals surface area contributed by atoms with Gasteiger partial charge in [0, 0.05) is 32.0 Å². The number of para-hydroxylation sites is 1. The Morgan fingerprint density at radius 3 is 2.39 bits per heavy atom. The number of carbonyl (C=O) groups is 1. The standard InChI is InChI=1S/C25H27FN4O.C4H4S/c26-21-6-4-19(5-7-21)20-9-13-29(14-10-20)16-18-8-15-30(17-18)25(31)22-2-1-3-23-24(22)28-12-11-27-23;1-2-4-5-3-1/h1-7,11-12,18,20H,8-10,13-17H2;1-4H/t18-;/m1./s1. The number of aromatic nitrogens is 2.